The summed E-state index contributed by atoms with van der Waals surface area (Å²) in [5.41, 5.74) is 0.453. The molecule has 2 aromatic carbocycles. The van der Waals surface area contributed by atoms with Gasteiger partial charge >= 0.3 is 6.36 Å². The summed E-state index contributed by atoms with van der Waals surface area (Å²) in [5, 5.41) is 5.15. The Bertz CT molecular complexity index is 747. The maximum Gasteiger partial charge on any atom is 0.573 e. The number of halogens is 5. The zero-order chi connectivity index (χ0) is 18.6. The van der Waals surface area contributed by atoms with Gasteiger partial charge < -0.3 is 15.4 Å². The van der Waals surface area contributed by atoms with Gasteiger partial charge in [0.1, 0.15) is 11.8 Å². The van der Waals surface area contributed by atoms with E-state index in [4.69, 9.17) is 0 Å². The van der Waals surface area contributed by atoms with Crippen molar-refractivity contribution in [2.45, 2.75) is 19.3 Å². The molecule has 0 unspecified atom stereocenters. The zero-order valence-corrected chi connectivity index (χ0v) is 12.8. The highest BCUT2D eigenvalue weighted by Crippen LogP contribution is 2.24. The lowest BCUT2D eigenvalue weighted by Gasteiger charge is -2.16. The van der Waals surface area contributed by atoms with Gasteiger partial charge in [-0.3, -0.25) is 4.79 Å². The third-order valence-electron chi connectivity index (χ3n) is 3.05. The van der Waals surface area contributed by atoms with Gasteiger partial charge in [0.2, 0.25) is 5.91 Å². The number of rotatable bonds is 5. The molecule has 1 atom stereocenters. The van der Waals surface area contributed by atoms with Crippen molar-refractivity contribution < 1.29 is 31.5 Å². The van der Waals surface area contributed by atoms with E-state index < -0.39 is 35.7 Å². The third kappa shape index (κ3) is 5.63. The first-order valence-electron chi connectivity index (χ1n) is 7.02. The van der Waals surface area contributed by atoms with E-state index >= 15 is 0 Å². The van der Waals surface area contributed by atoms with Crippen LogP contribution in [0.5, 0.6) is 5.75 Å². The molecule has 0 radical (unpaired) electrons. The molecule has 0 spiro atoms. The Morgan fingerprint density at radius 2 is 1.60 bits per heavy atom. The molecule has 0 fully saturated rings. The minimum absolute atomic E-state index is 0.0754. The van der Waals surface area contributed by atoms with Gasteiger partial charge in [-0.25, -0.2) is 8.78 Å². The summed E-state index contributed by atoms with van der Waals surface area (Å²) in [4.78, 5) is 12.0. The van der Waals surface area contributed by atoms with E-state index in [1.165, 1.54) is 25.1 Å². The number of ether oxygens (including phenoxy) is 1. The Morgan fingerprint density at radius 1 is 1.00 bits per heavy atom. The summed E-state index contributed by atoms with van der Waals surface area (Å²) < 4.78 is 65.9. The number of anilines is 2. The number of carbonyl (C=O) groups excluding carboxylic acids is 1. The molecular weight excluding hydrogens is 347 g/mol. The lowest BCUT2D eigenvalue weighted by molar-refractivity contribution is -0.274. The monoisotopic (exact) mass is 360 g/mol. The first kappa shape index (κ1) is 18.5. The van der Waals surface area contributed by atoms with Crippen LogP contribution in [0, 0.1) is 11.6 Å². The van der Waals surface area contributed by atoms with Crippen LogP contribution >= 0.6 is 0 Å². The molecule has 2 rings (SSSR count). The third-order valence-corrected chi connectivity index (χ3v) is 3.05. The van der Waals surface area contributed by atoms with Gasteiger partial charge in [0.25, 0.3) is 0 Å². The molecule has 0 aliphatic heterocycles. The van der Waals surface area contributed by atoms with Gasteiger partial charge in [0.05, 0.1) is 0 Å². The zero-order valence-electron chi connectivity index (χ0n) is 12.8. The second-order valence-electron chi connectivity index (χ2n) is 5.06. The summed E-state index contributed by atoms with van der Waals surface area (Å²) in [5.74, 6) is -3.07. The number of nitrogens with one attached hydrogen (secondary N) is 2. The summed E-state index contributed by atoms with van der Waals surface area (Å²) in [6, 6.07) is 6.93. The van der Waals surface area contributed by atoms with E-state index in [-0.39, 0.29) is 5.69 Å². The SMILES string of the molecule is C[C@H](Nc1ccc(OC(F)(F)F)cc1)C(=O)Nc1ccc(F)c(F)c1. The lowest BCUT2D eigenvalue weighted by atomic mass is 10.2. The largest absolute Gasteiger partial charge is 0.573 e. The van der Waals surface area contributed by atoms with E-state index in [1.807, 2.05) is 0 Å². The maximum absolute atomic E-state index is 13.1. The van der Waals surface area contributed by atoms with Crippen LogP contribution in [0.3, 0.4) is 0 Å². The van der Waals surface area contributed by atoms with E-state index in [0.29, 0.717) is 5.69 Å². The van der Waals surface area contributed by atoms with Gasteiger partial charge in [-0.05, 0) is 43.3 Å². The van der Waals surface area contributed by atoms with Crippen LogP contribution in [0.2, 0.25) is 0 Å². The molecule has 134 valence electrons. The molecule has 9 heteroatoms. The van der Waals surface area contributed by atoms with Crippen molar-refractivity contribution in [1.82, 2.24) is 0 Å². The van der Waals surface area contributed by atoms with Crippen molar-refractivity contribution in [3.8, 4) is 5.75 Å². The Kier molecular flexibility index (Phi) is 5.45. The van der Waals surface area contributed by atoms with Gasteiger partial charge in [-0.15, -0.1) is 13.2 Å². The molecule has 1 amide bonds. The van der Waals surface area contributed by atoms with Gasteiger partial charge in [0, 0.05) is 17.4 Å². The standard InChI is InChI=1S/C16H13F5N2O2/c1-9(15(24)23-11-4-7-13(17)14(18)8-11)22-10-2-5-12(6-3-10)25-16(19,20)21/h2-9,22H,1H3,(H,23,24)/t9-/m0/s1. The van der Waals surface area contributed by atoms with Crippen LogP contribution < -0.4 is 15.4 Å². The fourth-order valence-corrected chi connectivity index (χ4v) is 1.89. The maximum atomic E-state index is 13.1. The molecule has 0 heterocycles. The Balaban J connectivity index is 1.95. The Labute approximate surface area is 139 Å². The summed E-state index contributed by atoms with van der Waals surface area (Å²) in [7, 11) is 0. The van der Waals surface area contributed by atoms with Gasteiger partial charge in [0.15, 0.2) is 11.6 Å². The minimum Gasteiger partial charge on any atom is -0.406 e. The van der Waals surface area contributed by atoms with E-state index in [0.717, 1.165) is 24.3 Å². The fraction of sp³-hybridized carbons (Fsp3) is 0.188. The van der Waals surface area contributed by atoms with Crippen LogP contribution in [-0.2, 0) is 4.79 Å². The highest BCUT2D eigenvalue weighted by molar-refractivity contribution is 5.96. The van der Waals surface area contributed by atoms with E-state index in [2.05, 4.69) is 15.4 Å². The highest BCUT2D eigenvalue weighted by atomic mass is 19.4. The number of amides is 1. The Morgan fingerprint density at radius 3 is 2.16 bits per heavy atom. The molecule has 25 heavy (non-hydrogen) atoms. The topological polar surface area (TPSA) is 50.4 Å². The predicted octanol–water partition coefficient (Wildman–Crippen LogP) is 4.30. The molecule has 2 aromatic rings. The van der Waals surface area contributed by atoms with Gasteiger partial charge in [-0.2, -0.15) is 0 Å². The Hall–Kier alpha value is -2.84. The number of hydrogen-bond donors (Lipinski definition) is 2. The lowest BCUT2D eigenvalue weighted by Crippen LogP contribution is -2.31. The average molecular weight is 360 g/mol. The highest BCUT2D eigenvalue weighted by Gasteiger charge is 2.31. The van der Waals surface area contributed by atoms with Crippen LogP contribution in [0.4, 0.5) is 33.3 Å². The molecule has 0 saturated heterocycles. The summed E-state index contributed by atoms with van der Waals surface area (Å²) >= 11 is 0. The van der Waals surface area contributed by atoms with Crippen LogP contribution in [0.15, 0.2) is 42.5 Å². The molecule has 0 aliphatic carbocycles. The molecular formula is C16H13F5N2O2. The normalized spacial score (nSPS) is 12.4. The summed E-state index contributed by atoms with van der Waals surface area (Å²) in [6.07, 6.45) is -4.79. The number of carbonyl (C=O) groups is 1. The second-order valence-corrected chi connectivity index (χ2v) is 5.06. The van der Waals surface area contributed by atoms with Crippen molar-refractivity contribution in [2.75, 3.05) is 10.6 Å². The number of alkyl halides is 3. The van der Waals surface area contributed by atoms with Gasteiger partial charge in [-0.1, -0.05) is 0 Å². The first-order valence-corrected chi connectivity index (χ1v) is 7.02. The second kappa shape index (κ2) is 7.37. The fourth-order valence-electron chi connectivity index (χ4n) is 1.89. The van der Waals surface area contributed by atoms with Crippen LogP contribution in [0.25, 0.3) is 0 Å². The van der Waals surface area contributed by atoms with Crippen molar-refractivity contribution in [3.05, 3.63) is 54.1 Å². The smallest absolute Gasteiger partial charge is 0.406 e. The molecule has 4 nitrogen and oxygen atoms in total. The molecule has 0 aromatic heterocycles. The van der Waals surface area contributed by atoms with E-state index in [1.54, 1.807) is 0 Å². The van der Waals surface area contributed by atoms with Crippen molar-refractivity contribution in [1.29, 1.82) is 0 Å². The predicted molar refractivity (Wildman–Crippen MR) is 81.2 cm³/mol. The molecule has 0 saturated carbocycles. The minimum atomic E-state index is -4.79. The van der Waals surface area contributed by atoms with Crippen LogP contribution in [-0.4, -0.2) is 18.3 Å². The van der Waals surface area contributed by atoms with Crippen LogP contribution in [0.1, 0.15) is 6.92 Å². The van der Waals surface area contributed by atoms with E-state index in [9.17, 15) is 26.7 Å². The number of hydrogen-bond acceptors (Lipinski definition) is 3. The first-order chi connectivity index (χ1) is 11.6. The number of benzene rings is 2. The quantitative estimate of drug-likeness (QED) is 0.782. The average Bonchev–Trinajstić information content (AvgIpc) is 2.51. The van der Waals surface area contributed by atoms with Crippen molar-refractivity contribution in [2.24, 2.45) is 0 Å². The van der Waals surface area contributed by atoms with Crippen molar-refractivity contribution >= 4 is 17.3 Å². The molecule has 0 bridgehead atoms. The van der Waals surface area contributed by atoms with Crippen molar-refractivity contribution in [3.63, 3.8) is 0 Å². The molecule has 0 aliphatic rings. The molecule has 2 N–H and O–H groups in total. The summed E-state index contributed by atoms with van der Waals surface area (Å²) in [6.45, 7) is 1.50.